The molecule has 0 aromatic heterocycles. The third-order valence-corrected chi connectivity index (χ3v) is 4.61. The van der Waals surface area contributed by atoms with Crippen molar-refractivity contribution in [2.24, 2.45) is 10.9 Å². The summed E-state index contributed by atoms with van der Waals surface area (Å²) in [6.07, 6.45) is -2.32. The summed E-state index contributed by atoms with van der Waals surface area (Å²) >= 11 is 0. The van der Waals surface area contributed by atoms with Gasteiger partial charge in [-0.05, 0) is 43.9 Å². The molecule has 0 saturated carbocycles. The summed E-state index contributed by atoms with van der Waals surface area (Å²) in [6, 6.07) is 5.18. The zero-order valence-corrected chi connectivity index (χ0v) is 15.7. The topological polar surface area (TPSA) is 53.9 Å². The van der Waals surface area contributed by atoms with Gasteiger partial charge in [-0.15, -0.1) is 0 Å². The molecule has 1 aliphatic heterocycles. The van der Waals surface area contributed by atoms with E-state index < -0.39 is 11.7 Å². The Morgan fingerprint density at radius 2 is 1.89 bits per heavy atom. The second kappa shape index (κ2) is 9.62. The van der Waals surface area contributed by atoms with E-state index in [0.717, 1.165) is 43.0 Å². The molecule has 1 aliphatic rings. The number of aliphatic imine (C=N–C) groups is 1. The van der Waals surface area contributed by atoms with Crippen LogP contribution in [0.25, 0.3) is 0 Å². The number of halogens is 3. The van der Waals surface area contributed by atoms with Gasteiger partial charge in [0.05, 0.1) is 18.6 Å². The number of carbonyl (C=O) groups excluding carboxylic acids is 1. The first-order valence-corrected chi connectivity index (χ1v) is 9.12. The molecule has 0 aliphatic carbocycles. The van der Waals surface area contributed by atoms with Gasteiger partial charge >= 0.3 is 12.1 Å². The van der Waals surface area contributed by atoms with Crippen LogP contribution in [-0.4, -0.2) is 50.1 Å². The van der Waals surface area contributed by atoms with Crippen molar-refractivity contribution in [2.75, 3.05) is 33.3 Å². The minimum absolute atomic E-state index is 0.0683. The Kier molecular flexibility index (Phi) is 7.50. The quantitative estimate of drug-likeness (QED) is 0.481. The molecule has 1 heterocycles. The van der Waals surface area contributed by atoms with Crippen molar-refractivity contribution in [1.29, 1.82) is 0 Å². The van der Waals surface area contributed by atoms with Crippen molar-refractivity contribution < 1.29 is 22.7 Å². The fourth-order valence-corrected chi connectivity index (χ4v) is 3.07. The van der Waals surface area contributed by atoms with Crippen molar-refractivity contribution in [3.05, 3.63) is 35.4 Å². The molecule has 1 aromatic rings. The summed E-state index contributed by atoms with van der Waals surface area (Å²) in [5.74, 6) is 0.535. The second-order valence-electron chi connectivity index (χ2n) is 6.46. The number of rotatable bonds is 5. The Balaban J connectivity index is 1.91. The molecule has 27 heavy (non-hydrogen) atoms. The van der Waals surface area contributed by atoms with E-state index >= 15 is 0 Å². The van der Waals surface area contributed by atoms with Crippen LogP contribution in [-0.2, 0) is 22.1 Å². The highest BCUT2D eigenvalue weighted by Crippen LogP contribution is 2.29. The normalized spacial score (nSPS) is 16.3. The van der Waals surface area contributed by atoms with Crippen molar-refractivity contribution in [1.82, 2.24) is 10.2 Å². The Hall–Kier alpha value is -2.25. The van der Waals surface area contributed by atoms with Crippen LogP contribution < -0.4 is 5.32 Å². The number of alkyl halides is 3. The molecule has 0 bridgehead atoms. The highest BCUT2D eigenvalue weighted by molar-refractivity contribution is 5.80. The lowest BCUT2D eigenvalue weighted by molar-refractivity contribution is -0.146. The lowest BCUT2D eigenvalue weighted by Crippen LogP contribution is -2.46. The van der Waals surface area contributed by atoms with Gasteiger partial charge in [-0.3, -0.25) is 9.79 Å². The number of hydrogen-bond acceptors (Lipinski definition) is 3. The molecule has 150 valence electrons. The molecule has 1 saturated heterocycles. The van der Waals surface area contributed by atoms with Gasteiger partial charge < -0.3 is 15.0 Å². The second-order valence-corrected chi connectivity index (χ2v) is 6.46. The van der Waals surface area contributed by atoms with Crippen LogP contribution in [0.2, 0.25) is 0 Å². The smallest absolute Gasteiger partial charge is 0.416 e. The zero-order chi connectivity index (χ0) is 19.9. The Labute approximate surface area is 157 Å². The molecule has 0 unspecified atom stereocenters. The molecule has 0 amide bonds. The van der Waals surface area contributed by atoms with E-state index in [0.29, 0.717) is 26.1 Å². The summed E-state index contributed by atoms with van der Waals surface area (Å²) < 4.78 is 42.6. The Bertz CT molecular complexity index is 637. The molecule has 2 rings (SSSR count). The molecule has 5 nitrogen and oxygen atoms in total. The highest BCUT2D eigenvalue weighted by Gasteiger charge is 2.30. The third-order valence-electron chi connectivity index (χ3n) is 4.61. The molecule has 8 heteroatoms. The number of methoxy groups -OCH3 is 1. The standard InChI is InChI=1S/C19H26F3N3O2/c1-3-23-18(25-12-9-15(10-13-25)17(26)27-2)24-11-8-14-4-6-16(7-5-14)19(20,21)22/h4-7,15H,3,8-13H2,1-2H3,(H,23,24). The molecule has 0 spiro atoms. The number of piperidine rings is 1. The average molecular weight is 385 g/mol. The van der Waals surface area contributed by atoms with Crippen LogP contribution in [0.1, 0.15) is 30.9 Å². The van der Waals surface area contributed by atoms with E-state index in [2.05, 4.69) is 15.2 Å². The van der Waals surface area contributed by atoms with Crippen LogP contribution in [0.4, 0.5) is 13.2 Å². The van der Waals surface area contributed by atoms with E-state index in [1.54, 1.807) is 0 Å². The molecular formula is C19H26F3N3O2. The van der Waals surface area contributed by atoms with E-state index in [1.165, 1.54) is 19.2 Å². The first-order valence-electron chi connectivity index (χ1n) is 9.12. The van der Waals surface area contributed by atoms with Gasteiger partial charge in [0.2, 0.25) is 0 Å². The minimum atomic E-state index is -4.31. The minimum Gasteiger partial charge on any atom is -0.469 e. The molecule has 0 radical (unpaired) electrons. The van der Waals surface area contributed by atoms with Gasteiger partial charge in [-0.2, -0.15) is 13.2 Å². The summed E-state index contributed by atoms with van der Waals surface area (Å²) in [6.45, 7) is 4.60. The zero-order valence-electron chi connectivity index (χ0n) is 15.7. The van der Waals surface area contributed by atoms with Crippen molar-refractivity contribution in [3.8, 4) is 0 Å². The molecule has 1 N–H and O–H groups in total. The lowest BCUT2D eigenvalue weighted by atomic mass is 9.97. The fraction of sp³-hybridized carbons (Fsp3) is 0.579. The van der Waals surface area contributed by atoms with Gasteiger partial charge in [0.1, 0.15) is 0 Å². The van der Waals surface area contributed by atoms with Gasteiger partial charge in [0.15, 0.2) is 5.96 Å². The van der Waals surface area contributed by atoms with Crippen molar-refractivity contribution in [3.63, 3.8) is 0 Å². The van der Waals surface area contributed by atoms with Gasteiger partial charge in [0.25, 0.3) is 0 Å². The lowest BCUT2D eigenvalue weighted by Gasteiger charge is -2.33. The maximum absolute atomic E-state index is 12.6. The largest absolute Gasteiger partial charge is 0.469 e. The number of esters is 1. The van der Waals surface area contributed by atoms with E-state index in [9.17, 15) is 18.0 Å². The summed E-state index contributed by atoms with van der Waals surface area (Å²) in [7, 11) is 1.40. The number of guanidine groups is 1. The van der Waals surface area contributed by atoms with Crippen LogP contribution in [0.3, 0.4) is 0 Å². The maximum Gasteiger partial charge on any atom is 0.416 e. The number of benzene rings is 1. The molecule has 1 aromatic carbocycles. The van der Waals surface area contributed by atoms with E-state index in [1.807, 2.05) is 6.92 Å². The fourth-order valence-electron chi connectivity index (χ4n) is 3.07. The van der Waals surface area contributed by atoms with Gasteiger partial charge in [-0.1, -0.05) is 12.1 Å². The number of nitrogens with one attached hydrogen (secondary N) is 1. The number of likely N-dealkylation sites (tertiary alicyclic amines) is 1. The van der Waals surface area contributed by atoms with Crippen LogP contribution in [0.5, 0.6) is 0 Å². The SMILES string of the molecule is CCNC(=NCCc1ccc(C(F)(F)F)cc1)N1CCC(C(=O)OC)CC1. The van der Waals surface area contributed by atoms with Crippen LogP contribution in [0.15, 0.2) is 29.3 Å². The van der Waals surface area contributed by atoms with Crippen LogP contribution >= 0.6 is 0 Å². The molecular weight excluding hydrogens is 359 g/mol. The summed E-state index contributed by atoms with van der Waals surface area (Å²) in [4.78, 5) is 18.3. The predicted molar refractivity (Wildman–Crippen MR) is 97.4 cm³/mol. The van der Waals surface area contributed by atoms with E-state index in [4.69, 9.17) is 4.74 Å². The third kappa shape index (κ3) is 6.15. The Morgan fingerprint density at radius 1 is 1.26 bits per heavy atom. The van der Waals surface area contributed by atoms with Gasteiger partial charge in [-0.25, -0.2) is 0 Å². The number of carbonyl (C=O) groups is 1. The number of ether oxygens (including phenoxy) is 1. The number of nitrogens with zero attached hydrogens (tertiary/aromatic N) is 2. The van der Waals surface area contributed by atoms with Crippen molar-refractivity contribution >= 4 is 11.9 Å². The first-order chi connectivity index (χ1) is 12.8. The molecule has 0 atom stereocenters. The highest BCUT2D eigenvalue weighted by atomic mass is 19.4. The Morgan fingerprint density at radius 3 is 2.41 bits per heavy atom. The summed E-state index contributed by atoms with van der Waals surface area (Å²) in [5.41, 5.74) is 0.170. The maximum atomic E-state index is 12.6. The monoisotopic (exact) mass is 385 g/mol. The van der Waals surface area contributed by atoms with Crippen LogP contribution in [0, 0.1) is 5.92 Å². The van der Waals surface area contributed by atoms with Crippen molar-refractivity contribution in [2.45, 2.75) is 32.4 Å². The molecule has 1 fully saturated rings. The predicted octanol–water partition coefficient (Wildman–Crippen LogP) is 3.10. The van der Waals surface area contributed by atoms with Gasteiger partial charge in [0, 0.05) is 26.2 Å². The van der Waals surface area contributed by atoms with E-state index in [-0.39, 0.29) is 11.9 Å². The summed E-state index contributed by atoms with van der Waals surface area (Å²) in [5, 5.41) is 3.24. The number of hydrogen-bond donors (Lipinski definition) is 1. The average Bonchev–Trinajstić information content (AvgIpc) is 2.66. The first kappa shape index (κ1) is 21.1.